The Morgan fingerprint density at radius 2 is 1.84 bits per heavy atom. The lowest BCUT2D eigenvalue weighted by Crippen LogP contribution is -2.34. The molecular weight excluding hydrogens is 240 g/mol. The summed E-state index contributed by atoms with van der Waals surface area (Å²) in [6, 6.07) is 7.83. The van der Waals surface area contributed by atoms with Gasteiger partial charge in [-0.3, -0.25) is 0 Å². The quantitative estimate of drug-likeness (QED) is 0.443. The molecule has 0 radical (unpaired) electrons. The standard InChI is InChI=1S/C16H22O3/c1-6-7-13-8-10-14(11-9-13)18-16(4,5)19-15(17)12(2)3/h8-11H,2,6-7H2,1,3-5H3. The van der Waals surface area contributed by atoms with Gasteiger partial charge in [0.05, 0.1) is 0 Å². The number of ether oxygens (including phenoxy) is 2. The van der Waals surface area contributed by atoms with Crippen molar-refractivity contribution in [1.82, 2.24) is 0 Å². The van der Waals surface area contributed by atoms with E-state index in [9.17, 15) is 4.79 Å². The average molecular weight is 262 g/mol. The molecule has 0 unspecified atom stereocenters. The topological polar surface area (TPSA) is 35.5 Å². The largest absolute Gasteiger partial charge is 0.453 e. The molecule has 0 amide bonds. The molecule has 0 bridgehead atoms. The zero-order valence-corrected chi connectivity index (χ0v) is 12.2. The van der Waals surface area contributed by atoms with Crippen LogP contribution in [0.25, 0.3) is 0 Å². The highest BCUT2D eigenvalue weighted by Gasteiger charge is 2.25. The van der Waals surface area contributed by atoms with Crippen LogP contribution in [0.1, 0.15) is 39.7 Å². The minimum Gasteiger partial charge on any atom is -0.453 e. The Labute approximate surface area is 115 Å². The Bertz CT molecular complexity index is 444. The fourth-order valence-corrected chi connectivity index (χ4v) is 1.63. The molecule has 0 atom stereocenters. The highest BCUT2D eigenvalue weighted by Crippen LogP contribution is 2.21. The fourth-order valence-electron chi connectivity index (χ4n) is 1.63. The summed E-state index contributed by atoms with van der Waals surface area (Å²) in [5.41, 5.74) is 1.63. The normalized spacial score (nSPS) is 10.9. The molecule has 1 aromatic rings. The maximum Gasteiger partial charge on any atom is 0.336 e. The van der Waals surface area contributed by atoms with Crippen LogP contribution in [0.3, 0.4) is 0 Å². The van der Waals surface area contributed by atoms with Crippen LogP contribution < -0.4 is 4.74 Å². The Kier molecular flexibility index (Phi) is 5.16. The predicted molar refractivity (Wildman–Crippen MR) is 76.1 cm³/mol. The molecule has 19 heavy (non-hydrogen) atoms. The number of carbonyl (C=O) groups excluding carboxylic acids is 1. The Hall–Kier alpha value is -1.77. The lowest BCUT2D eigenvalue weighted by molar-refractivity contribution is -0.181. The fraction of sp³-hybridized carbons (Fsp3) is 0.438. The van der Waals surface area contributed by atoms with Gasteiger partial charge in [0.1, 0.15) is 5.75 Å². The average Bonchev–Trinajstić information content (AvgIpc) is 2.31. The van der Waals surface area contributed by atoms with E-state index in [0.29, 0.717) is 11.3 Å². The number of hydrogen-bond donors (Lipinski definition) is 0. The number of hydrogen-bond acceptors (Lipinski definition) is 3. The highest BCUT2D eigenvalue weighted by molar-refractivity contribution is 5.87. The van der Waals surface area contributed by atoms with Crippen molar-refractivity contribution in [2.45, 2.75) is 46.3 Å². The summed E-state index contributed by atoms with van der Waals surface area (Å²) >= 11 is 0. The number of aryl methyl sites for hydroxylation is 1. The molecule has 0 fully saturated rings. The number of benzene rings is 1. The molecule has 0 aliphatic carbocycles. The van der Waals surface area contributed by atoms with Crippen molar-refractivity contribution in [1.29, 1.82) is 0 Å². The Morgan fingerprint density at radius 3 is 2.32 bits per heavy atom. The van der Waals surface area contributed by atoms with Gasteiger partial charge in [-0.1, -0.05) is 32.1 Å². The number of rotatable bonds is 6. The van der Waals surface area contributed by atoms with Crippen molar-refractivity contribution < 1.29 is 14.3 Å². The molecule has 1 rings (SSSR count). The monoisotopic (exact) mass is 262 g/mol. The summed E-state index contributed by atoms with van der Waals surface area (Å²) in [7, 11) is 0. The third-order valence-corrected chi connectivity index (χ3v) is 2.51. The van der Waals surface area contributed by atoms with E-state index in [4.69, 9.17) is 9.47 Å². The maximum absolute atomic E-state index is 11.5. The van der Waals surface area contributed by atoms with Crippen LogP contribution in [0, 0.1) is 0 Å². The summed E-state index contributed by atoms with van der Waals surface area (Å²) in [6.07, 6.45) is 2.16. The van der Waals surface area contributed by atoms with Crippen LogP contribution in [0.2, 0.25) is 0 Å². The van der Waals surface area contributed by atoms with Gasteiger partial charge in [0.25, 0.3) is 0 Å². The van der Waals surface area contributed by atoms with Crippen molar-refractivity contribution in [2.75, 3.05) is 0 Å². The van der Waals surface area contributed by atoms with E-state index in [1.165, 1.54) is 5.56 Å². The van der Waals surface area contributed by atoms with Crippen molar-refractivity contribution in [2.24, 2.45) is 0 Å². The first kappa shape index (κ1) is 15.3. The Morgan fingerprint density at radius 1 is 1.26 bits per heavy atom. The van der Waals surface area contributed by atoms with Crippen molar-refractivity contribution in [3.05, 3.63) is 42.0 Å². The van der Waals surface area contributed by atoms with Gasteiger partial charge >= 0.3 is 5.97 Å². The van der Waals surface area contributed by atoms with E-state index >= 15 is 0 Å². The third-order valence-electron chi connectivity index (χ3n) is 2.51. The van der Waals surface area contributed by atoms with Gasteiger partial charge in [-0.25, -0.2) is 4.79 Å². The first-order valence-electron chi connectivity index (χ1n) is 6.51. The summed E-state index contributed by atoms with van der Waals surface area (Å²) in [5, 5.41) is 0. The first-order chi connectivity index (χ1) is 8.84. The van der Waals surface area contributed by atoms with Gasteiger partial charge in [0.2, 0.25) is 5.79 Å². The van der Waals surface area contributed by atoms with Crippen molar-refractivity contribution >= 4 is 5.97 Å². The molecule has 0 N–H and O–H groups in total. The van der Waals surface area contributed by atoms with Crippen LogP contribution in [-0.4, -0.2) is 11.8 Å². The molecule has 0 spiro atoms. The molecule has 0 saturated heterocycles. The molecule has 104 valence electrons. The van der Waals surface area contributed by atoms with Crippen molar-refractivity contribution in [3.8, 4) is 5.75 Å². The van der Waals surface area contributed by atoms with E-state index in [0.717, 1.165) is 12.8 Å². The summed E-state index contributed by atoms with van der Waals surface area (Å²) < 4.78 is 10.9. The zero-order valence-electron chi connectivity index (χ0n) is 12.2. The lowest BCUT2D eigenvalue weighted by Gasteiger charge is -2.26. The molecule has 0 saturated carbocycles. The number of carbonyl (C=O) groups is 1. The van der Waals surface area contributed by atoms with Gasteiger partial charge in [-0.2, -0.15) is 0 Å². The highest BCUT2D eigenvalue weighted by atomic mass is 16.7. The molecule has 0 heterocycles. The lowest BCUT2D eigenvalue weighted by atomic mass is 10.1. The van der Waals surface area contributed by atoms with Crippen LogP contribution in [-0.2, 0) is 16.0 Å². The molecule has 1 aromatic carbocycles. The molecule has 0 aromatic heterocycles. The van der Waals surface area contributed by atoms with Gasteiger partial charge in [0.15, 0.2) is 0 Å². The van der Waals surface area contributed by atoms with E-state index in [2.05, 4.69) is 13.5 Å². The minimum atomic E-state index is -1.01. The van der Waals surface area contributed by atoms with Crippen molar-refractivity contribution in [3.63, 3.8) is 0 Å². The van der Waals surface area contributed by atoms with E-state index in [1.807, 2.05) is 24.3 Å². The van der Waals surface area contributed by atoms with Crippen LogP contribution in [0.4, 0.5) is 0 Å². The molecule has 0 aliphatic rings. The summed E-state index contributed by atoms with van der Waals surface area (Å²) in [5.74, 6) is -0.783. The summed E-state index contributed by atoms with van der Waals surface area (Å²) in [6.45, 7) is 10.7. The van der Waals surface area contributed by atoms with Crippen LogP contribution in [0.15, 0.2) is 36.4 Å². The SMILES string of the molecule is C=C(C)C(=O)OC(C)(C)Oc1ccc(CCC)cc1. The predicted octanol–water partition coefficient (Wildman–Crippen LogP) is 3.87. The second-order valence-corrected chi connectivity index (χ2v) is 5.07. The third kappa shape index (κ3) is 5.16. The summed E-state index contributed by atoms with van der Waals surface area (Å²) in [4.78, 5) is 11.5. The first-order valence-corrected chi connectivity index (χ1v) is 6.51. The van der Waals surface area contributed by atoms with Crippen LogP contribution in [0.5, 0.6) is 5.75 Å². The van der Waals surface area contributed by atoms with Gasteiger partial charge in [-0.15, -0.1) is 0 Å². The second kappa shape index (κ2) is 6.41. The molecular formula is C16H22O3. The van der Waals surface area contributed by atoms with Gasteiger partial charge in [-0.05, 0) is 31.0 Å². The zero-order chi connectivity index (χ0) is 14.5. The van der Waals surface area contributed by atoms with E-state index < -0.39 is 11.8 Å². The molecule has 0 aliphatic heterocycles. The second-order valence-electron chi connectivity index (χ2n) is 5.07. The van der Waals surface area contributed by atoms with Crippen LogP contribution >= 0.6 is 0 Å². The Balaban J connectivity index is 2.66. The molecule has 3 heteroatoms. The maximum atomic E-state index is 11.5. The minimum absolute atomic E-state index is 0.356. The molecule has 3 nitrogen and oxygen atoms in total. The van der Waals surface area contributed by atoms with E-state index in [-0.39, 0.29) is 0 Å². The number of esters is 1. The van der Waals surface area contributed by atoms with Gasteiger partial charge in [0, 0.05) is 19.4 Å². The van der Waals surface area contributed by atoms with Gasteiger partial charge < -0.3 is 9.47 Å². The van der Waals surface area contributed by atoms with E-state index in [1.54, 1.807) is 20.8 Å². The smallest absolute Gasteiger partial charge is 0.336 e.